The summed E-state index contributed by atoms with van der Waals surface area (Å²) in [5.41, 5.74) is 3.01. The molecule has 0 rings (SSSR count). The zero-order valence-corrected chi connectivity index (χ0v) is 8.64. The van der Waals surface area contributed by atoms with Crippen molar-refractivity contribution in [2.45, 2.75) is 20.3 Å². The van der Waals surface area contributed by atoms with Crippen LogP contribution in [0.15, 0.2) is 60.8 Å². The highest BCUT2D eigenvalue weighted by atomic mass is 14.0. The predicted molar refractivity (Wildman–Crippen MR) is 61.7 cm³/mol. The van der Waals surface area contributed by atoms with Gasteiger partial charge in [0.05, 0.1) is 0 Å². The lowest BCUT2D eigenvalue weighted by Crippen LogP contribution is -1.85. The van der Waals surface area contributed by atoms with E-state index >= 15 is 0 Å². The largest absolute Gasteiger partial charge is 0.0985 e. The number of hydrogen-bond acceptors (Lipinski definition) is 0. The van der Waals surface area contributed by atoms with Gasteiger partial charge in [0.2, 0.25) is 0 Å². The van der Waals surface area contributed by atoms with Crippen molar-refractivity contribution in [2.75, 3.05) is 0 Å². The van der Waals surface area contributed by atoms with E-state index in [0.717, 1.165) is 23.1 Å². The highest BCUT2D eigenvalue weighted by Crippen LogP contribution is 2.16. The summed E-state index contributed by atoms with van der Waals surface area (Å²) in [7, 11) is 0. The van der Waals surface area contributed by atoms with Gasteiger partial charge in [0.25, 0.3) is 0 Å². The van der Waals surface area contributed by atoms with Crippen molar-refractivity contribution < 1.29 is 0 Å². The van der Waals surface area contributed by atoms with E-state index in [9.17, 15) is 0 Å². The van der Waals surface area contributed by atoms with Gasteiger partial charge in [-0.05, 0) is 24.5 Å². The Kier molecular flexibility index (Phi) is 5.62. The molecule has 0 amide bonds. The van der Waals surface area contributed by atoms with Crippen LogP contribution in [0.1, 0.15) is 20.3 Å². The van der Waals surface area contributed by atoms with Crippen molar-refractivity contribution in [1.82, 2.24) is 0 Å². The molecule has 0 aromatic rings. The number of allylic oxidation sites excluding steroid dienone is 7. The zero-order chi connectivity index (χ0) is 10.3. The first kappa shape index (κ1) is 11.7. The molecule has 0 radical (unpaired) electrons. The average molecular weight is 174 g/mol. The number of rotatable bonds is 5. The van der Waals surface area contributed by atoms with E-state index in [1.807, 2.05) is 19.1 Å². The fourth-order valence-corrected chi connectivity index (χ4v) is 0.934. The molecule has 0 nitrogen and oxygen atoms in total. The molecule has 70 valence electrons. The molecule has 0 bridgehead atoms. The zero-order valence-electron chi connectivity index (χ0n) is 8.64. The Labute approximate surface area is 81.7 Å². The van der Waals surface area contributed by atoms with Crippen molar-refractivity contribution in [3.05, 3.63) is 60.8 Å². The predicted octanol–water partition coefficient (Wildman–Crippen LogP) is 4.20. The van der Waals surface area contributed by atoms with Crippen LogP contribution in [-0.4, -0.2) is 0 Å². The van der Waals surface area contributed by atoms with E-state index in [0.29, 0.717) is 0 Å². The summed E-state index contributed by atoms with van der Waals surface area (Å²) < 4.78 is 0. The molecule has 0 saturated heterocycles. The molecular weight excluding hydrogens is 156 g/mol. The minimum absolute atomic E-state index is 0.924. The minimum Gasteiger partial charge on any atom is -0.0985 e. The first-order valence-electron chi connectivity index (χ1n) is 4.47. The Balaban J connectivity index is 4.70. The molecule has 0 aliphatic heterocycles. The summed E-state index contributed by atoms with van der Waals surface area (Å²) in [4.78, 5) is 0. The summed E-state index contributed by atoms with van der Waals surface area (Å²) in [6, 6.07) is 0. The number of hydrogen-bond donors (Lipinski definition) is 0. The highest BCUT2D eigenvalue weighted by molar-refractivity contribution is 5.49. The van der Waals surface area contributed by atoms with Gasteiger partial charge in [-0.2, -0.15) is 0 Å². The third kappa shape index (κ3) is 4.32. The van der Waals surface area contributed by atoms with E-state index in [2.05, 4.69) is 32.7 Å². The molecule has 0 aromatic heterocycles. The maximum absolute atomic E-state index is 3.89. The van der Waals surface area contributed by atoms with Gasteiger partial charge in [0.15, 0.2) is 0 Å². The SMILES string of the molecule is C=CC(=C)/C(=C\C=C/CC)C(=C)C. The lowest BCUT2D eigenvalue weighted by Gasteiger charge is -2.04. The fraction of sp³-hybridized carbons (Fsp3) is 0.231. The summed E-state index contributed by atoms with van der Waals surface area (Å²) in [5, 5.41) is 0. The molecule has 0 aliphatic rings. The highest BCUT2D eigenvalue weighted by Gasteiger charge is 1.97. The molecule has 0 aliphatic carbocycles. The van der Waals surface area contributed by atoms with Crippen molar-refractivity contribution in [3.63, 3.8) is 0 Å². The molecule has 0 saturated carbocycles. The summed E-state index contributed by atoms with van der Waals surface area (Å²) >= 11 is 0. The smallest absolute Gasteiger partial charge is 0.0167 e. The first-order valence-corrected chi connectivity index (χ1v) is 4.47. The third-order valence-electron chi connectivity index (χ3n) is 1.69. The monoisotopic (exact) mass is 174 g/mol. The summed E-state index contributed by atoms with van der Waals surface area (Å²) in [6.45, 7) is 15.5. The van der Waals surface area contributed by atoms with Crippen LogP contribution in [-0.2, 0) is 0 Å². The van der Waals surface area contributed by atoms with E-state index < -0.39 is 0 Å². The van der Waals surface area contributed by atoms with Gasteiger partial charge in [0, 0.05) is 0 Å². The minimum atomic E-state index is 0.924. The molecule has 0 N–H and O–H groups in total. The van der Waals surface area contributed by atoms with Gasteiger partial charge in [-0.1, -0.05) is 56.5 Å². The third-order valence-corrected chi connectivity index (χ3v) is 1.69. The van der Waals surface area contributed by atoms with Crippen LogP contribution >= 0.6 is 0 Å². The quantitative estimate of drug-likeness (QED) is 0.548. The van der Waals surface area contributed by atoms with Crippen molar-refractivity contribution >= 4 is 0 Å². The molecular formula is C13H18. The fourth-order valence-electron chi connectivity index (χ4n) is 0.934. The normalized spacial score (nSPS) is 11.7. The van der Waals surface area contributed by atoms with Gasteiger partial charge >= 0.3 is 0 Å². The first-order chi connectivity index (χ1) is 6.13. The molecule has 0 unspecified atom stereocenters. The van der Waals surface area contributed by atoms with Gasteiger partial charge in [0.1, 0.15) is 0 Å². The Morgan fingerprint density at radius 1 is 1.31 bits per heavy atom. The van der Waals surface area contributed by atoms with Crippen LogP contribution in [0.4, 0.5) is 0 Å². The lowest BCUT2D eigenvalue weighted by atomic mass is 10.0. The van der Waals surface area contributed by atoms with Crippen molar-refractivity contribution in [3.8, 4) is 0 Å². The summed E-state index contributed by atoms with van der Waals surface area (Å²) in [5.74, 6) is 0. The second-order valence-electron chi connectivity index (χ2n) is 2.93. The standard InChI is InChI=1S/C13H18/c1-6-8-9-10-13(11(3)4)12(5)7-2/h7-10H,2-3,5-6H2,1,4H3/b9-8-,13-10-. The van der Waals surface area contributed by atoms with E-state index in [1.165, 1.54) is 0 Å². The Hall–Kier alpha value is -1.30. The Morgan fingerprint density at radius 2 is 1.92 bits per heavy atom. The van der Waals surface area contributed by atoms with Gasteiger partial charge in [-0.3, -0.25) is 0 Å². The van der Waals surface area contributed by atoms with Crippen LogP contribution < -0.4 is 0 Å². The van der Waals surface area contributed by atoms with Gasteiger partial charge in [-0.25, -0.2) is 0 Å². The average Bonchev–Trinajstić information content (AvgIpc) is 2.11. The van der Waals surface area contributed by atoms with Crippen LogP contribution in [0, 0.1) is 0 Å². The molecule has 13 heavy (non-hydrogen) atoms. The lowest BCUT2D eigenvalue weighted by molar-refractivity contribution is 1.22. The molecule has 0 aromatic carbocycles. The topological polar surface area (TPSA) is 0 Å². The van der Waals surface area contributed by atoms with Gasteiger partial charge < -0.3 is 0 Å². The van der Waals surface area contributed by atoms with Crippen molar-refractivity contribution in [2.24, 2.45) is 0 Å². The van der Waals surface area contributed by atoms with Crippen LogP contribution in [0.2, 0.25) is 0 Å². The summed E-state index contributed by atoms with van der Waals surface area (Å²) in [6.07, 6.45) is 8.94. The maximum Gasteiger partial charge on any atom is -0.0167 e. The second-order valence-corrected chi connectivity index (χ2v) is 2.93. The molecule has 0 heteroatoms. The molecule has 0 spiro atoms. The van der Waals surface area contributed by atoms with E-state index in [1.54, 1.807) is 6.08 Å². The van der Waals surface area contributed by atoms with Gasteiger partial charge in [-0.15, -0.1) is 0 Å². The van der Waals surface area contributed by atoms with Crippen LogP contribution in [0.5, 0.6) is 0 Å². The Bertz CT molecular complexity index is 262. The van der Waals surface area contributed by atoms with E-state index in [-0.39, 0.29) is 0 Å². The van der Waals surface area contributed by atoms with Crippen LogP contribution in [0.25, 0.3) is 0 Å². The second kappa shape index (κ2) is 6.24. The van der Waals surface area contributed by atoms with Crippen LogP contribution in [0.3, 0.4) is 0 Å². The molecule has 0 atom stereocenters. The van der Waals surface area contributed by atoms with Crippen molar-refractivity contribution in [1.29, 1.82) is 0 Å². The molecule has 0 fully saturated rings. The molecule has 0 heterocycles. The maximum atomic E-state index is 3.89. The van der Waals surface area contributed by atoms with E-state index in [4.69, 9.17) is 0 Å². The Morgan fingerprint density at radius 3 is 2.31 bits per heavy atom.